The Morgan fingerprint density at radius 2 is 1.88 bits per heavy atom. The number of piperidine rings is 1. The van der Waals surface area contributed by atoms with Crippen LogP contribution in [0.3, 0.4) is 0 Å². The molecule has 4 unspecified atom stereocenters. The zero-order valence-corrected chi connectivity index (χ0v) is 12.0. The van der Waals surface area contributed by atoms with Crippen LogP contribution in [0, 0.1) is 5.92 Å². The lowest BCUT2D eigenvalue weighted by Gasteiger charge is -2.36. The summed E-state index contributed by atoms with van der Waals surface area (Å²) in [6, 6.07) is 2.60. The molecule has 3 heteroatoms. The Morgan fingerprint density at radius 3 is 2.47 bits per heavy atom. The van der Waals surface area contributed by atoms with Gasteiger partial charge in [-0.1, -0.05) is 6.92 Å². The van der Waals surface area contributed by atoms with Crippen LogP contribution in [0.15, 0.2) is 0 Å². The van der Waals surface area contributed by atoms with Gasteiger partial charge in [0.2, 0.25) is 0 Å². The first-order valence-corrected chi connectivity index (χ1v) is 8.34. The lowest BCUT2D eigenvalue weighted by atomic mass is 9.91. The second-order valence-electron chi connectivity index (χ2n) is 6.37. The van der Waals surface area contributed by atoms with Crippen LogP contribution < -0.4 is 5.32 Å². The zero-order valence-electron chi connectivity index (χ0n) is 11.2. The summed E-state index contributed by atoms with van der Waals surface area (Å²) in [6.45, 7) is 3.64. The Hall–Kier alpha value is 0.270. The molecular weight excluding hydrogens is 228 g/mol. The number of hydrogen-bond donors (Lipinski definition) is 1. The average Bonchev–Trinajstić information content (AvgIpc) is 2.78. The summed E-state index contributed by atoms with van der Waals surface area (Å²) in [5, 5.41) is 4.70. The van der Waals surface area contributed by atoms with Crippen LogP contribution in [0.25, 0.3) is 0 Å². The molecule has 3 fully saturated rings. The van der Waals surface area contributed by atoms with E-state index in [1.807, 2.05) is 0 Å². The molecule has 3 saturated heterocycles. The molecule has 0 aromatic rings. The molecule has 98 valence electrons. The Morgan fingerprint density at radius 1 is 1.18 bits per heavy atom. The Kier molecular flexibility index (Phi) is 3.69. The van der Waals surface area contributed by atoms with E-state index in [1.54, 1.807) is 0 Å². The molecule has 3 rings (SSSR count). The normalized spacial score (nSPS) is 46.6. The second-order valence-corrected chi connectivity index (χ2v) is 7.84. The molecule has 0 spiro atoms. The molecule has 4 atom stereocenters. The minimum atomic E-state index is 0.798. The molecule has 2 nitrogen and oxygen atoms in total. The van der Waals surface area contributed by atoms with Gasteiger partial charge in [-0.15, -0.1) is 0 Å². The van der Waals surface area contributed by atoms with E-state index >= 15 is 0 Å². The summed E-state index contributed by atoms with van der Waals surface area (Å²) < 4.78 is 0. The van der Waals surface area contributed by atoms with E-state index in [0.29, 0.717) is 0 Å². The number of fused-ring (bicyclic) bond motifs is 2. The fourth-order valence-electron chi connectivity index (χ4n) is 3.98. The predicted molar refractivity (Wildman–Crippen MR) is 75.6 cm³/mol. The topological polar surface area (TPSA) is 15.3 Å². The summed E-state index contributed by atoms with van der Waals surface area (Å²) >= 11 is 2.14. The number of thioether (sulfide) groups is 1. The van der Waals surface area contributed by atoms with Crippen LogP contribution in [-0.2, 0) is 0 Å². The highest BCUT2D eigenvalue weighted by Crippen LogP contribution is 2.37. The van der Waals surface area contributed by atoms with Gasteiger partial charge in [-0.05, 0) is 51.6 Å². The molecule has 0 amide bonds. The zero-order chi connectivity index (χ0) is 11.8. The molecule has 3 aliphatic rings. The van der Waals surface area contributed by atoms with Crippen LogP contribution >= 0.6 is 11.8 Å². The van der Waals surface area contributed by atoms with E-state index in [-0.39, 0.29) is 0 Å². The van der Waals surface area contributed by atoms with E-state index in [4.69, 9.17) is 0 Å². The first kappa shape index (κ1) is 12.3. The van der Waals surface area contributed by atoms with E-state index in [1.165, 1.54) is 44.4 Å². The SMILES string of the molecule is CC1CC(NCC2CC3CCC(C2)N3C)CS1. The summed E-state index contributed by atoms with van der Waals surface area (Å²) in [5.74, 6) is 2.28. The second kappa shape index (κ2) is 5.10. The molecule has 1 N–H and O–H groups in total. The molecule has 0 saturated carbocycles. The maximum atomic E-state index is 3.83. The molecule has 0 aromatic heterocycles. The molecule has 0 aliphatic carbocycles. The highest BCUT2D eigenvalue weighted by Gasteiger charge is 2.38. The maximum Gasteiger partial charge on any atom is 0.0168 e. The van der Waals surface area contributed by atoms with Crippen molar-refractivity contribution in [3.05, 3.63) is 0 Å². The number of hydrogen-bond acceptors (Lipinski definition) is 3. The van der Waals surface area contributed by atoms with Crippen LogP contribution in [0.2, 0.25) is 0 Å². The van der Waals surface area contributed by atoms with Gasteiger partial charge in [0.15, 0.2) is 0 Å². The van der Waals surface area contributed by atoms with E-state index < -0.39 is 0 Å². The lowest BCUT2D eigenvalue weighted by Crippen LogP contribution is -2.44. The minimum Gasteiger partial charge on any atom is -0.313 e. The third kappa shape index (κ3) is 2.66. The van der Waals surface area contributed by atoms with E-state index in [9.17, 15) is 0 Å². The predicted octanol–water partition coefficient (Wildman–Crippen LogP) is 2.34. The Bertz CT molecular complexity index is 257. The van der Waals surface area contributed by atoms with Gasteiger partial charge < -0.3 is 10.2 Å². The summed E-state index contributed by atoms with van der Waals surface area (Å²) in [6.07, 6.45) is 7.16. The summed E-state index contributed by atoms with van der Waals surface area (Å²) in [5.41, 5.74) is 0. The number of nitrogens with zero attached hydrogens (tertiary/aromatic N) is 1. The molecule has 17 heavy (non-hydrogen) atoms. The van der Waals surface area contributed by atoms with Crippen molar-refractivity contribution in [1.82, 2.24) is 10.2 Å². The van der Waals surface area contributed by atoms with Gasteiger partial charge in [0.1, 0.15) is 0 Å². The van der Waals surface area contributed by atoms with Gasteiger partial charge in [-0.2, -0.15) is 11.8 Å². The summed E-state index contributed by atoms with van der Waals surface area (Å²) in [7, 11) is 2.33. The van der Waals surface area contributed by atoms with E-state index in [2.05, 4.69) is 35.9 Å². The fraction of sp³-hybridized carbons (Fsp3) is 1.00. The first-order valence-electron chi connectivity index (χ1n) is 7.29. The van der Waals surface area contributed by atoms with Crippen LogP contribution in [0.5, 0.6) is 0 Å². The van der Waals surface area contributed by atoms with Crippen LogP contribution in [0.1, 0.15) is 39.0 Å². The van der Waals surface area contributed by atoms with Gasteiger partial charge in [-0.25, -0.2) is 0 Å². The van der Waals surface area contributed by atoms with Crippen molar-refractivity contribution in [2.45, 2.75) is 62.4 Å². The standard InChI is InChI=1S/C14H26N2S/c1-10-5-12(9-17-10)15-8-11-6-13-3-4-14(7-11)16(13)2/h10-15H,3-9H2,1-2H3. The fourth-order valence-corrected chi connectivity index (χ4v) is 5.17. The molecule has 0 radical (unpaired) electrons. The Labute approximate surface area is 110 Å². The monoisotopic (exact) mass is 254 g/mol. The highest BCUT2D eigenvalue weighted by molar-refractivity contribution is 8.00. The van der Waals surface area contributed by atoms with Crippen molar-refractivity contribution >= 4 is 11.8 Å². The van der Waals surface area contributed by atoms with Crippen molar-refractivity contribution in [2.75, 3.05) is 19.3 Å². The molecule has 0 aromatic carbocycles. The van der Waals surface area contributed by atoms with Crippen molar-refractivity contribution in [1.29, 1.82) is 0 Å². The molecule has 2 bridgehead atoms. The van der Waals surface area contributed by atoms with Gasteiger partial charge >= 0.3 is 0 Å². The average molecular weight is 254 g/mol. The molecule has 3 aliphatic heterocycles. The third-order valence-corrected chi connectivity index (χ3v) is 6.45. The van der Waals surface area contributed by atoms with Gasteiger partial charge in [0, 0.05) is 29.1 Å². The molecule has 3 heterocycles. The van der Waals surface area contributed by atoms with Gasteiger partial charge in [-0.3, -0.25) is 0 Å². The number of rotatable bonds is 3. The Balaban J connectivity index is 1.44. The third-order valence-electron chi connectivity index (χ3n) is 5.09. The van der Waals surface area contributed by atoms with Crippen molar-refractivity contribution in [3.8, 4) is 0 Å². The molecular formula is C14H26N2S. The van der Waals surface area contributed by atoms with Crippen molar-refractivity contribution in [3.63, 3.8) is 0 Å². The minimum absolute atomic E-state index is 0.798. The summed E-state index contributed by atoms with van der Waals surface area (Å²) in [4.78, 5) is 2.64. The van der Waals surface area contributed by atoms with Gasteiger partial charge in [0.25, 0.3) is 0 Å². The van der Waals surface area contributed by atoms with E-state index in [0.717, 1.165) is 29.3 Å². The van der Waals surface area contributed by atoms with Crippen LogP contribution in [0.4, 0.5) is 0 Å². The van der Waals surface area contributed by atoms with Crippen molar-refractivity contribution in [2.24, 2.45) is 5.92 Å². The smallest absolute Gasteiger partial charge is 0.0168 e. The maximum absolute atomic E-state index is 3.83. The van der Waals surface area contributed by atoms with Gasteiger partial charge in [0.05, 0.1) is 0 Å². The first-order chi connectivity index (χ1) is 8.22. The van der Waals surface area contributed by atoms with Crippen molar-refractivity contribution < 1.29 is 0 Å². The largest absolute Gasteiger partial charge is 0.313 e. The highest BCUT2D eigenvalue weighted by atomic mass is 32.2. The lowest BCUT2D eigenvalue weighted by molar-refractivity contribution is 0.131. The van der Waals surface area contributed by atoms with Crippen LogP contribution in [-0.4, -0.2) is 47.6 Å². The quantitative estimate of drug-likeness (QED) is 0.832. The number of nitrogens with one attached hydrogen (secondary N) is 1.